The van der Waals surface area contributed by atoms with E-state index in [1.165, 1.54) is 0 Å². The first-order chi connectivity index (χ1) is 9.54. The molecule has 1 aliphatic rings. The zero-order valence-electron chi connectivity index (χ0n) is 12.3. The largest absolute Gasteiger partial charge is 0.388 e. The number of rotatable bonds is 5. The molecule has 0 aliphatic heterocycles. The van der Waals surface area contributed by atoms with Gasteiger partial charge in [-0.25, -0.2) is 0 Å². The molecule has 1 aliphatic carbocycles. The van der Waals surface area contributed by atoms with Crippen molar-refractivity contribution >= 4 is 5.91 Å². The third kappa shape index (κ3) is 3.58. The molecule has 1 aromatic carbocycles. The van der Waals surface area contributed by atoms with E-state index in [0.29, 0.717) is 18.7 Å². The minimum atomic E-state index is -0.700. The summed E-state index contributed by atoms with van der Waals surface area (Å²) in [7, 11) is 3.39. The maximum absolute atomic E-state index is 12.4. The Morgan fingerprint density at radius 3 is 2.75 bits per heavy atom. The lowest BCUT2D eigenvalue weighted by molar-refractivity contribution is 0.0156. The van der Waals surface area contributed by atoms with Crippen molar-refractivity contribution in [2.75, 3.05) is 20.7 Å². The molecular weight excluding hydrogens is 254 g/mol. The summed E-state index contributed by atoms with van der Waals surface area (Å²) in [6.45, 7) is 0.898. The number of amides is 1. The number of nitrogens with zero attached hydrogens (tertiary/aromatic N) is 1. The molecule has 0 aromatic heterocycles. The van der Waals surface area contributed by atoms with Crippen LogP contribution in [-0.2, 0) is 11.3 Å². The SMILES string of the molecule is COCc1cccc(C(=O)N(C)CC2(O)CCCC2)c1. The lowest BCUT2D eigenvalue weighted by Gasteiger charge is -2.28. The molecule has 0 heterocycles. The molecule has 20 heavy (non-hydrogen) atoms. The fourth-order valence-corrected chi connectivity index (χ4v) is 2.89. The van der Waals surface area contributed by atoms with Crippen LogP contribution in [0.2, 0.25) is 0 Å². The summed E-state index contributed by atoms with van der Waals surface area (Å²) in [5, 5.41) is 10.4. The first-order valence-corrected chi connectivity index (χ1v) is 7.10. The van der Waals surface area contributed by atoms with Crippen LogP contribution in [0.1, 0.15) is 41.6 Å². The van der Waals surface area contributed by atoms with E-state index in [1.807, 2.05) is 18.2 Å². The van der Waals surface area contributed by atoms with E-state index in [-0.39, 0.29) is 5.91 Å². The smallest absolute Gasteiger partial charge is 0.253 e. The van der Waals surface area contributed by atoms with Crippen LogP contribution in [0.5, 0.6) is 0 Å². The second kappa shape index (κ2) is 6.37. The van der Waals surface area contributed by atoms with Gasteiger partial charge in [0.15, 0.2) is 0 Å². The van der Waals surface area contributed by atoms with Crippen LogP contribution >= 0.6 is 0 Å². The highest BCUT2D eigenvalue weighted by Crippen LogP contribution is 2.30. The maximum atomic E-state index is 12.4. The topological polar surface area (TPSA) is 49.8 Å². The molecule has 0 radical (unpaired) electrons. The van der Waals surface area contributed by atoms with Crippen LogP contribution in [0, 0.1) is 0 Å². The Hall–Kier alpha value is -1.39. The number of likely N-dealkylation sites (N-methyl/N-ethyl adjacent to an activating group) is 1. The molecule has 1 aromatic rings. The summed E-state index contributed by atoms with van der Waals surface area (Å²) >= 11 is 0. The molecule has 2 rings (SSSR count). The summed E-state index contributed by atoms with van der Waals surface area (Å²) in [4.78, 5) is 14.0. The fourth-order valence-electron chi connectivity index (χ4n) is 2.89. The highest BCUT2D eigenvalue weighted by atomic mass is 16.5. The van der Waals surface area contributed by atoms with Crippen LogP contribution in [0.25, 0.3) is 0 Å². The molecule has 4 heteroatoms. The van der Waals surface area contributed by atoms with Gasteiger partial charge in [0.2, 0.25) is 0 Å². The Morgan fingerprint density at radius 2 is 2.10 bits per heavy atom. The van der Waals surface area contributed by atoms with Gasteiger partial charge in [-0.3, -0.25) is 4.79 Å². The van der Waals surface area contributed by atoms with E-state index in [1.54, 1.807) is 25.1 Å². The Kier molecular flexibility index (Phi) is 4.78. The molecular formula is C16H23NO3. The minimum absolute atomic E-state index is 0.0525. The van der Waals surface area contributed by atoms with Crippen LogP contribution in [0.3, 0.4) is 0 Å². The fraction of sp³-hybridized carbons (Fsp3) is 0.562. The zero-order valence-corrected chi connectivity index (χ0v) is 12.3. The van der Waals surface area contributed by atoms with Crippen LogP contribution < -0.4 is 0 Å². The van der Waals surface area contributed by atoms with Crippen molar-refractivity contribution in [2.24, 2.45) is 0 Å². The number of carbonyl (C=O) groups excluding carboxylic acids is 1. The van der Waals surface area contributed by atoms with Crippen molar-refractivity contribution in [1.29, 1.82) is 0 Å². The summed E-state index contributed by atoms with van der Waals surface area (Å²) in [6, 6.07) is 7.45. The summed E-state index contributed by atoms with van der Waals surface area (Å²) < 4.78 is 5.08. The van der Waals surface area contributed by atoms with Crippen molar-refractivity contribution in [3.63, 3.8) is 0 Å². The van der Waals surface area contributed by atoms with E-state index in [9.17, 15) is 9.90 Å². The molecule has 4 nitrogen and oxygen atoms in total. The van der Waals surface area contributed by atoms with Gasteiger partial charge in [-0.1, -0.05) is 25.0 Å². The Bertz CT molecular complexity index is 467. The molecule has 0 unspecified atom stereocenters. The monoisotopic (exact) mass is 277 g/mol. The van der Waals surface area contributed by atoms with E-state index in [0.717, 1.165) is 31.2 Å². The highest BCUT2D eigenvalue weighted by molar-refractivity contribution is 5.94. The van der Waals surface area contributed by atoms with Gasteiger partial charge in [0.25, 0.3) is 5.91 Å². The van der Waals surface area contributed by atoms with Gasteiger partial charge < -0.3 is 14.7 Å². The minimum Gasteiger partial charge on any atom is -0.388 e. The van der Waals surface area contributed by atoms with Crippen LogP contribution in [0.15, 0.2) is 24.3 Å². The Balaban J connectivity index is 2.04. The number of ether oxygens (including phenoxy) is 1. The summed E-state index contributed by atoms with van der Waals surface area (Å²) in [5.41, 5.74) is 0.920. The molecule has 0 spiro atoms. The molecule has 1 saturated carbocycles. The van der Waals surface area contributed by atoms with Crippen molar-refractivity contribution in [1.82, 2.24) is 4.90 Å². The first kappa shape index (κ1) is 15.0. The lowest BCUT2D eigenvalue weighted by atomic mass is 10.0. The molecule has 1 N–H and O–H groups in total. The van der Waals surface area contributed by atoms with Gasteiger partial charge in [-0.05, 0) is 30.5 Å². The third-order valence-electron chi connectivity index (χ3n) is 3.90. The summed E-state index contributed by atoms with van der Waals surface area (Å²) in [6.07, 6.45) is 3.66. The average Bonchev–Trinajstić information content (AvgIpc) is 2.85. The normalized spacial score (nSPS) is 17.1. The van der Waals surface area contributed by atoms with Gasteiger partial charge in [0.05, 0.1) is 12.2 Å². The molecule has 110 valence electrons. The first-order valence-electron chi connectivity index (χ1n) is 7.10. The van der Waals surface area contributed by atoms with Crippen LogP contribution in [0.4, 0.5) is 0 Å². The highest BCUT2D eigenvalue weighted by Gasteiger charge is 2.33. The van der Waals surface area contributed by atoms with Crippen molar-refractivity contribution in [3.8, 4) is 0 Å². The summed E-state index contributed by atoms with van der Waals surface area (Å²) in [5.74, 6) is -0.0525. The van der Waals surface area contributed by atoms with Gasteiger partial charge in [-0.15, -0.1) is 0 Å². The number of methoxy groups -OCH3 is 1. The van der Waals surface area contributed by atoms with Crippen molar-refractivity contribution in [2.45, 2.75) is 37.9 Å². The zero-order chi connectivity index (χ0) is 14.6. The van der Waals surface area contributed by atoms with Crippen molar-refractivity contribution in [3.05, 3.63) is 35.4 Å². The quantitative estimate of drug-likeness (QED) is 0.897. The predicted molar refractivity (Wildman–Crippen MR) is 77.5 cm³/mol. The molecule has 0 bridgehead atoms. The Morgan fingerprint density at radius 1 is 1.40 bits per heavy atom. The van der Waals surface area contributed by atoms with E-state index in [4.69, 9.17) is 4.74 Å². The van der Waals surface area contributed by atoms with E-state index in [2.05, 4.69) is 0 Å². The second-order valence-corrected chi connectivity index (χ2v) is 5.73. The van der Waals surface area contributed by atoms with Gasteiger partial charge in [0.1, 0.15) is 0 Å². The van der Waals surface area contributed by atoms with E-state index >= 15 is 0 Å². The number of aliphatic hydroxyl groups is 1. The lowest BCUT2D eigenvalue weighted by Crippen LogP contribution is -2.42. The number of carbonyl (C=O) groups is 1. The van der Waals surface area contributed by atoms with Crippen LogP contribution in [-0.4, -0.2) is 42.2 Å². The van der Waals surface area contributed by atoms with E-state index < -0.39 is 5.60 Å². The van der Waals surface area contributed by atoms with Gasteiger partial charge in [0, 0.05) is 26.3 Å². The molecule has 0 saturated heterocycles. The average molecular weight is 277 g/mol. The number of hydrogen-bond donors (Lipinski definition) is 1. The van der Waals surface area contributed by atoms with Gasteiger partial charge in [-0.2, -0.15) is 0 Å². The third-order valence-corrected chi connectivity index (χ3v) is 3.90. The predicted octanol–water partition coefficient (Wildman–Crippen LogP) is 2.21. The molecule has 1 fully saturated rings. The second-order valence-electron chi connectivity index (χ2n) is 5.73. The Labute approximate surface area is 120 Å². The molecule has 0 atom stereocenters. The standard InChI is InChI=1S/C16H23NO3/c1-17(12-16(19)8-3-4-9-16)15(18)14-7-5-6-13(10-14)11-20-2/h5-7,10,19H,3-4,8-9,11-12H2,1-2H3. The van der Waals surface area contributed by atoms with Crippen molar-refractivity contribution < 1.29 is 14.6 Å². The number of benzene rings is 1. The molecule has 1 amide bonds. The number of hydrogen-bond acceptors (Lipinski definition) is 3. The van der Waals surface area contributed by atoms with Gasteiger partial charge >= 0.3 is 0 Å². The maximum Gasteiger partial charge on any atom is 0.253 e.